The van der Waals surface area contributed by atoms with Gasteiger partial charge < -0.3 is 15.4 Å². The Morgan fingerprint density at radius 3 is 2.73 bits per heavy atom. The molecule has 0 spiro atoms. The van der Waals surface area contributed by atoms with Crippen LogP contribution in [0.1, 0.15) is 18.1 Å². The van der Waals surface area contributed by atoms with E-state index >= 15 is 0 Å². The molecule has 2 amide bonds. The Balaban J connectivity index is 1.95. The number of urea groups is 1. The van der Waals surface area contributed by atoms with Crippen LogP contribution in [0.25, 0.3) is 0 Å². The van der Waals surface area contributed by atoms with Crippen LogP contribution in [-0.2, 0) is 6.54 Å². The molecule has 2 aromatic rings. The van der Waals surface area contributed by atoms with Gasteiger partial charge >= 0.3 is 6.03 Å². The Morgan fingerprint density at radius 2 is 2.00 bits per heavy atom. The molecule has 0 bridgehead atoms. The second kappa shape index (κ2) is 7.71. The van der Waals surface area contributed by atoms with Crippen molar-refractivity contribution in [2.24, 2.45) is 0 Å². The smallest absolute Gasteiger partial charge is 0.319 e. The minimum atomic E-state index is -0.286. The number of carbonyl (C=O) groups is 1. The summed E-state index contributed by atoms with van der Waals surface area (Å²) < 4.78 is 5.51. The van der Waals surface area contributed by atoms with Crippen LogP contribution in [0, 0.1) is 6.92 Å². The molecule has 0 aliphatic rings. The average molecular weight is 319 g/mol. The van der Waals surface area contributed by atoms with E-state index < -0.39 is 0 Å². The van der Waals surface area contributed by atoms with Crippen molar-refractivity contribution in [3.8, 4) is 5.75 Å². The van der Waals surface area contributed by atoms with E-state index in [1.54, 1.807) is 6.07 Å². The van der Waals surface area contributed by atoms with E-state index in [1.807, 2.05) is 50.2 Å². The monoisotopic (exact) mass is 318 g/mol. The maximum Gasteiger partial charge on any atom is 0.319 e. The quantitative estimate of drug-likeness (QED) is 0.860. The summed E-state index contributed by atoms with van der Waals surface area (Å²) in [5.74, 6) is 0.770. The van der Waals surface area contributed by atoms with Crippen molar-refractivity contribution in [2.45, 2.75) is 20.4 Å². The van der Waals surface area contributed by atoms with Gasteiger partial charge in [0, 0.05) is 23.3 Å². The third-order valence-corrected chi connectivity index (χ3v) is 3.51. The van der Waals surface area contributed by atoms with Crippen molar-refractivity contribution in [2.75, 3.05) is 11.9 Å². The normalized spacial score (nSPS) is 10.1. The Kier molecular flexibility index (Phi) is 5.67. The lowest BCUT2D eigenvalue weighted by Gasteiger charge is -2.11. The van der Waals surface area contributed by atoms with Gasteiger partial charge in [0.1, 0.15) is 5.75 Å². The Labute approximate surface area is 135 Å². The van der Waals surface area contributed by atoms with E-state index in [9.17, 15) is 4.79 Å². The summed E-state index contributed by atoms with van der Waals surface area (Å²) in [6.07, 6.45) is 0. The fourth-order valence-corrected chi connectivity index (χ4v) is 2.18. The molecule has 0 aliphatic heterocycles. The first-order chi connectivity index (χ1) is 10.6. The van der Waals surface area contributed by atoms with E-state index in [-0.39, 0.29) is 6.03 Å². The highest BCUT2D eigenvalue weighted by Crippen LogP contribution is 2.22. The number of ether oxygens (including phenoxy) is 1. The molecule has 0 radical (unpaired) electrons. The van der Waals surface area contributed by atoms with Gasteiger partial charge in [0.05, 0.1) is 6.61 Å². The number of amides is 2. The largest absolute Gasteiger partial charge is 0.494 e. The predicted molar refractivity (Wildman–Crippen MR) is 89.7 cm³/mol. The predicted octanol–water partition coefficient (Wildman–Crippen LogP) is 4.37. The van der Waals surface area contributed by atoms with Crippen LogP contribution in [0.3, 0.4) is 0 Å². The first-order valence-corrected chi connectivity index (χ1v) is 7.49. The summed E-state index contributed by atoms with van der Waals surface area (Å²) in [5.41, 5.74) is 2.59. The fraction of sp³-hybridized carbons (Fsp3) is 0.235. The number of rotatable bonds is 5. The van der Waals surface area contributed by atoms with Gasteiger partial charge in [-0.15, -0.1) is 0 Å². The summed E-state index contributed by atoms with van der Waals surface area (Å²) in [6, 6.07) is 12.7. The molecule has 0 fully saturated rings. The van der Waals surface area contributed by atoms with Gasteiger partial charge in [-0.25, -0.2) is 4.79 Å². The Hall–Kier alpha value is -2.20. The highest BCUT2D eigenvalue weighted by Gasteiger charge is 2.06. The van der Waals surface area contributed by atoms with E-state index in [0.29, 0.717) is 23.9 Å². The SMILES string of the molecule is CCOc1cc(NC(=O)NCc2ccccc2Cl)ccc1C. The highest BCUT2D eigenvalue weighted by atomic mass is 35.5. The van der Waals surface area contributed by atoms with Crippen molar-refractivity contribution in [3.05, 3.63) is 58.6 Å². The summed E-state index contributed by atoms with van der Waals surface area (Å²) in [6.45, 7) is 4.85. The molecule has 0 saturated heterocycles. The zero-order valence-corrected chi connectivity index (χ0v) is 13.4. The summed E-state index contributed by atoms with van der Waals surface area (Å²) in [5, 5.41) is 6.20. The number of nitrogens with one attached hydrogen (secondary N) is 2. The van der Waals surface area contributed by atoms with E-state index in [1.165, 1.54) is 0 Å². The minimum Gasteiger partial charge on any atom is -0.494 e. The van der Waals surface area contributed by atoms with Crippen LogP contribution >= 0.6 is 11.6 Å². The fourth-order valence-electron chi connectivity index (χ4n) is 1.98. The molecule has 0 heterocycles. The standard InChI is InChI=1S/C17H19ClN2O2/c1-3-22-16-10-14(9-8-12(16)2)20-17(21)19-11-13-6-4-5-7-15(13)18/h4-10H,3,11H2,1-2H3,(H2,19,20,21). The Bertz CT molecular complexity index is 659. The van der Waals surface area contributed by atoms with Crippen molar-refractivity contribution >= 4 is 23.3 Å². The van der Waals surface area contributed by atoms with Gasteiger partial charge in [-0.05, 0) is 37.1 Å². The molecule has 0 aliphatic carbocycles. The lowest BCUT2D eigenvalue weighted by atomic mass is 10.2. The van der Waals surface area contributed by atoms with Crippen molar-refractivity contribution in [1.29, 1.82) is 0 Å². The molecular weight excluding hydrogens is 300 g/mol. The van der Waals surface area contributed by atoms with Crippen LogP contribution < -0.4 is 15.4 Å². The molecule has 0 atom stereocenters. The number of hydrogen-bond acceptors (Lipinski definition) is 2. The van der Waals surface area contributed by atoms with E-state index in [2.05, 4.69) is 10.6 Å². The molecule has 0 saturated carbocycles. The van der Waals surface area contributed by atoms with Crippen LogP contribution in [0.15, 0.2) is 42.5 Å². The molecule has 4 nitrogen and oxygen atoms in total. The highest BCUT2D eigenvalue weighted by molar-refractivity contribution is 6.31. The third-order valence-electron chi connectivity index (χ3n) is 3.14. The second-order valence-corrected chi connectivity index (χ2v) is 5.22. The molecule has 2 aromatic carbocycles. The molecule has 2 N–H and O–H groups in total. The zero-order valence-electron chi connectivity index (χ0n) is 12.7. The van der Waals surface area contributed by atoms with Gasteiger partial charge in [0.15, 0.2) is 0 Å². The number of aryl methyl sites for hydroxylation is 1. The summed E-state index contributed by atoms with van der Waals surface area (Å²) in [7, 11) is 0. The van der Waals surface area contributed by atoms with Crippen LogP contribution in [0.4, 0.5) is 10.5 Å². The van der Waals surface area contributed by atoms with Crippen LogP contribution in [0.2, 0.25) is 5.02 Å². The van der Waals surface area contributed by atoms with Crippen molar-refractivity contribution in [1.82, 2.24) is 5.32 Å². The first kappa shape index (κ1) is 16.2. The molecule has 22 heavy (non-hydrogen) atoms. The molecule has 5 heteroatoms. The summed E-state index contributed by atoms with van der Waals surface area (Å²) in [4.78, 5) is 11.9. The number of benzene rings is 2. The van der Waals surface area contributed by atoms with Gasteiger partial charge in [0.25, 0.3) is 0 Å². The zero-order chi connectivity index (χ0) is 15.9. The molecule has 2 rings (SSSR count). The maximum absolute atomic E-state index is 11.9. The van der Waals surface area contributed by atoms with Crippen molar-refractivity contribution in [3.63, 3.8) is 0 Å². The summed E-state index contributed by atoms with van der Waals surface area (Å²) >= 11 is 6.05. The van der Waals surface area contributed by atoms with E-state index in [0.717, 1.165) is 16.9 Å². The minimum absolute atomic E-state index is 0.286. The number of anilines is 1. The second-order valence-electron chi connectivity index (χ2n) is 4.81. The lowest BCUT2D eigenvalue weighted by molar-refractivity contribution is 0.251. The number of carbonyl (C=O) groups excluding carboxylic acids is 1. The van der Waals surface area contributed by atoms with E-state index in [4.69, 9.17) is 16.3 Å². The van der Waals surface area contributed by atoms with Gasteiger partial charge in [-0.3, -0.25) is 0 Å². The first-order valence-electron chi connectivity index (χ1n) is 7.12. The molecule has 0 aromatic heterocycles. The topological polar surface area (TPSA) is 50.4 Å². The molecular formula is C17H19ClN2O2. The van der Waals surface area contributed by atoms with Gasteiger partial charge in [-0.1, -0.05) is 35.9 Å². The third kappa shape index (κ3) is 4.40. The average Bonchev–Trinajstić information content (AvgIpc) is 2.50. The van der Waals surface area contributed by atoms with Gasteiger partial charge in [-0.2, -0.15) is 0 Å². The van der Waals surface area contributed by atoms with Crippen molar-refractivity contribution < 1.29 is 9.53 Å². The van der Waals surface area contributed by atoms with Crippen LogP contribution in [0.5, 0.6) is 5.75 Å². The number of hydrogen-bond donors (Lipinski definition) is 2. The van der Waals surface area contributed by atoms with Gasteiger partial charge in [0.2, 0.25) is 0 Å². The number of halogens is 1. The van der Waals surface area contributed by atoms with Crippen LogP contribution in [-0.4, -0.2) is 12.6 Å². The molecule has 116 valence electrons. The molecule has 0 unspecified atom stereocenters. The lowest BCUT2D eigenvalue weighted by Crippen LogP contribution is -2.28. The maximum atomic E-state index is 11.9. The Morgan fingerprint density at radius 1 is 1.23 bits per heavy atom.